The number of primary amides is 1. The number of amides is 2. The first-order chi connectivity index (χ1) is 13.5. The van der Waals surface area contributed by atoms with E-state index in [0.29, 0.717) is 13.0 Å². The van der Waals surface area contributed by atoms with Gasteiger partial charge in [-0.15, -0.1) is 24.8 Å². The van der Waals surface area contributed by atoms with E-state index in [4.69, 9.17) is 11.5 Å². The highest BCUT2D eigenvalue weighted by molar-refractivity contribution is 5.91. The van der Waals surface area contributed by atoms with Crippen molar-refractivity contribution >= 4 is 42.3 Å². The van der Waals surface area contributed by atoms with Gasteiger partial charge in [-0.05, 0) is 61.9 Å². The first-order valence-corrected chi connectivity index (χ1v) is 10.6. The Hall–Kier alpha value is -1.34. The number of halogens is 2. The molecule has 1 unspecified atom stereocenters. The van der Waals surface area contributed by atoms with Crippen LogP contribution in [0.15, 0.2) is 24.3 Å². The Morgan fingerprint density at radius 2 is 1.73 bits per heavy atom. The number of nitrogens with two attached hydrogens (primary N) is 2. The molecule has 1 atom stereocenters. The van der Waals surface area contributed by atoms with E-state index >= 15 is 0 Å². The highest BCUT2D eigenvalue weighted by Crippen LogP contribution is 2.38. The Morgan fingerprint density at radius 1 is 1.07 bits per heavy atom. The number of hydrogen-bond acceptors (Lipinski definition) is 4. The second-order valence-electron chi connectivity index (χ2n) is 8.66. The van der Waals surface area contributed by atoms with Crippen LogP contribution in [0.25, 0.3) is 0 Å². The van der Waals surface area contributed by atoms with E-state index in [1.807, 2.05) is 24.3 Å². The summed E-state index contributed by atoms with van der Waals surface area (Å²) in [5, 5.41) is 3.03. The molecule has 2 fully saturated rings. The highest BCUT2D eigenvalue weighted by atomic mass is 35.5. The molecule has 5 N–H and O–H groups in total. The number of carbonyl (C=O) groups excluding carboxylic acids is 2. The van der Waals surface area contributed by atoms with Crippen LogP contribution in [0.4, 0.5) is 5.69 Å². The molecule has 6 nitrogen and oxygen atoms in total. The van der Waals surface area contributed by atoms with Crippen molar-refractivity contribution < 1.29 is 9.59 Å². The van der Waals surface area contributed by atoms with E-state index in [0.717, 1.165) is 51.0 Å². The van der Waals surface area contributed by atoms with E-state index in [9.17, 15) is 9.59 Å². The third-order valence-corrected chi connectivity index (χ3v) is 6.43. The zero-order chi connectivity index (χ0) is 20.0. The molecule has 3 rings (SSSR count). The number of likely N-dealkylation sites (tertiary alicyclic amines) is 1. The van der Waals surface area contributed by atoms with Crippen molar-refractivity contribution in [3.8, 4) is 0 Å². The topological polar surface area (TPSA) is 101 Å². The van der Waals surface area contributed by atoms with Crippen LogP contribution in [0.2, 0.25) is 0 Å². The quantitative estimate of drug-likeness (QED) is 0.581. The summed E-state index contributed by atoms with van der Waals surface area (Å²) >= 11 is 0. The summed E-state index contributed by atoms with van der Waals surface area (Å²) in [6.45, 7) is 3.11. The number of benzene rings is 1. The van der Waals surface area contributed by atoms with Gasteiger partial charge in [0.15, 0.2) is 0 Å². The van der Waals surface area contributed by atoms with Gasteiger partial charge in [-0.25, -0.2) is 0 Å². The smallest absolute Gasteiger partial charge is 0.224 e. The predicted molar refractivity (Wildman–Crippen MR) is 126 cm³/mol. The Morgan fingerprint density at radius 3 is 2.33 bits per heavy atom. The number of hydrogen-bond donors (Lipinski definition) is 3. The first kappa shape index (κ1) is 26.7. The van der Waals surface area contributed by atoms with Gasteiger partial charge in [-0.2, -0.15) is 0 Å². The molecule has 1 heterocycles. The second-order valence-corrected chi connectivity index (χ2v) is 8.66. The lowest BCUT2D eigenvalue weighted by atomic mass is 9.71. The van der Waals surface area contributed by atoms with Gasteiger partial charge in [0.25, 0.3) is 0 Å². The molecule has 2 aliphatic rings. The van der Waals surface area contributed by atoms with Crippen LogP contribution in [0.3, 0.4) is 0 Å². The van der Waals surface area contributed by atoms with Gasteiger partial charge < -0.3 is 16.8 Å². The molecular weight excluding hydrogens is 423 g/mol. The van der Waals surface area contributed by atoms with Crippen molar-refractivity contribution in [3.63, 3.8) is 0 Å². The van der Waals surface area contributed by atoms with Crippen molar-refractivity contribution in [2.45, 2.75) is 57.9 Å². The Bertz CT molecular complexity index is 678. The molecule has 2 amide bonds. The molecule has 0 spiro atoms. The minimum absolute atomic E-state index is 0. The summed E-state index contributed by atoms with van der Waals surface area (Å²) in [6.07, 6.45) is 8.11. The molecule has 1 saturated carbocycles. The molecular formula is C22H36Cl2N4O2. The minimum atomic E-state index is -0.198. The first-order valence-electron chi connectivity index (χ1n) is 10.6. The summed E-state index contributed by atoms with van der Waals surface area (Å²) < 4.78 is 0. The Kier molecular flexibility index (Phi) is 11.1. The standard InChI is InChI=1S/C22H34N4O2.2ClH/c23-16-22(10-2-1-3-11-22)13-20(27)25-19-8-6-17(7-9-19)14-26-12-4-5-18(15-26)21(24)28;;/h6-9,18H,1-5,10-16,23H2,(H2,24,28)(H,25,27);2*1H. The van der Waals surface area contributed by atoms with E-state index in [1.165, 1.54) is 24.8 Å². The average molecular weight is 459 g/mol. The molecule has 1 aliphatic carbocycles. The molecule has 0 bridgehead atoms. The largest absolute Gasteiger partial charge is 0.369 e. The van der Waals surface area contributed by atoms with Crippen molar-refractivity contribution in [1.82, 2.24) is 4.90 Å². The predicted octanol–water partition coefficient (Wildman–Crippen LogP) is 3.47. The van der Waals surface area contributed by atoms with E-state index in [-0.39, 0.29) is 48.0 Å². The van der Waals surface area contributed by atoms with Crippen LogP contribution in [0.5, 0.6) is 0 Å². The van der Waals surface area contributed by atoms with Gasteiger partial charge in [-0.3, -0.25) is 14.5 Å². The number of anilines is 1. The van der Waals surface area contributed by atoms with Gasteiger partial charge in [0.1, 0.15) is 0 Å². The summed E-state index contributed by atoms with van der Waals surface area (Å²) in [5.74, 6) is -0.182. The number of rotatable bonds is 7. The van der Waals surface area contributed by atoms with Gasteiger partial charge in [-0.1, -0.05) is 31.4 Å². The maximum absolute atomic E-state index is 12.5. The zero-order valence-electron chi connectivity index (χ0n) is 17.6. The second kappa shape index (κ2) is 12.5. The third kappa shape index (κ3) is 7.41. The van der Waals surface area contributed by atoms with Gasteiger partial charge in [0.2, 0.25) is 11.8 Å². The van der Waals surface area contributed by atoms with Crippen molar-refractivity contribution in [1.29, 1.82) is 0 Å². The highest BCUT2D eigenvalue weighted by Gasteiger charge is 2.33. The molecule has 0 radical (unpaired) electrons. The van der Waals surface area contributed by atoms with Crippen molar-refractivity contribution in [3.05, 3.63) is 29.8 Å². The lowest BCUT2D eigenvalue weighted by Gasteiger charge is -2.35. The van der Waals surface area contributed by atoms with E-state index in [1.54, 1.807) is 0 Å². The summed E-state index contributed by atoms with van der Waals surface area (Å²) in [5.41, 5.74) is 13.4. The molecule has 30 heavy (non-hydrogen) atoms. The SMILES string of the molecule is Cl.Cl.NCC1(CC(=O)Nc2ccc(CN3CCCC(C(N)=O)C3)cc2)CCCCC1. The maximum atomic E-state index is 12.5. The van der Waals surface area contributed by atoms with Gasteiger partial charge in [0.05, 0.1) is 5.92 Å². The van der Waals surface area contributed by atoms with E-state index < -0.39 is 0 Å². The van der Waals surface area contributed by atoms with E-state index in [2.05, 4.69) is 10.2 Å². The monoisotopic (exact) mass is 458 g/mol. The van der Waals surface area contributed by atoms with Crippen LogP contribution >= 0.6 is 24.8 Å². The molecule has 0 aromatic heterocycles. The minimum Gasteiger partial charge on any atom is -0.369 e. The van der Waals surface area contributed by atoms with Crippen LogP contribution in [-0.2, 0) is 16.1 Å². The number of nitrogens with zero attached hydrogens (tertiary/aromatic N) is 1. The van der Waals surface area contributed by atoms with Gasteiger partial charge >= 0.3 is 0 Å². The summed E-state index contributed by atoms with van der Waals surface area (Å²) in [7, 11) is 0. The zero-order valence-corrected chi connectivity index (χ0v) is 19.2. The van der Waals surface area contributed by atoms with Crippen LogP contribution in [0, 0.1) is 11.3 Å². The summed E-state index contributed by atoms with van der Waals surface area (Å²) in [4.78, 5) is 26.2. The van der Waals surface area contributed by atoms with Gasteiger partial charge in [0, 0.05) is 25.2 Å². The van der Waals surface area contributed by atoms with Crippen LogP contribution in [-0.4, -0.2) is 36.3 Å². The average Bonchev–Trinajstić information content (AvgIpc) is 2.70. The lowest BCUT2D eigenvalue weighted by Crippen LogP contribution is -2.40. The molecule has 1 aliphatic heterocycles. The fourth-order valence-corrected chi connectivity index (χ4v) is 4.68. The molecule has 1 aromatic rings. The fourth-order valence-electron chi connectivity index (χ4n) is 4.68. The molecule has 1 saturated heterocycles. The molecule has 170 valence electrons. The number of carbonyl (C=O) groups is 2. The maximum Gasteiger partial charge on any atom is 0.224 e. The van der Waals surface area contributed by atoms with Crippen LogP contribution in [0.1, 0.15) is 56.9 Å². The summed E-state index contributed by atoms with van der Waals surface area (Å²) in [6, 6.07) is 8.00. The van der Waals surface area contributed by atoms with Crippen molar-refractivity contribution in [2.24, 2.45) is 22.8 Å². The normalized spacial score (nSPS) is 21.0. The molecule has 1 aromatic carbocycles. The third-order valence-electron chi connectivity index (χ3n) is 6.43. The van der Waals surface area contributed by atoms with Crippen molar-refractivity contribution in [2.75, 3.05) is 25.0 Å². The fraction of sp³-hybridized carbons (Fsp3) is 0.636. The Balaban J connectivity index is 0.00000225. The number of piperidine rings is 1. The Labute approximate surface area is 192 Å². The lowest BCUT2D eigenvalue weighted by molar-refractivity contribution is -0.123. The number of nitrogens with one attached hydrogen (secondary N) is 1. The van der Waals surface area contributed by atoms with Crippen LogP contribution < -0.4 is 16.8 Å². The molecule has 8 heteroatoms.